The van der Waals surface area contributed by atoms with Crippen LogP contribution in [0.25, 0.3) is 0 Å². The number of aromatic nitrogens is 2. The number of imidazole rings is 1. The fraction of sp³-hybridized carbons (Fsp3) is 0. The van der Waals surface area contributed by atoms with Gasteiger partial charge in [0.15, 0.2) is 17.2 Å². The van der Waals surface area contributed by atoms with Gasteiger partial charge in [0, 0.05) is 0 Å². The third-order valence-electron chi connectivity index (χ3n) is 1.06. The summed E-state index contributed by atoms with van der Waals surface area (Å²) in [5.74, 6) is 2.39. The highest BCUT2D eigenvalue weighted by atomic mass is 14.9. The van der Waals surface area contributed by atoms with Crippen LogP contribution < -0.4 is 0 Å². The first-order chi connectivity index (χ1) is 5.31. The highest BCUT2D eigenvalue weighted by Gasteiger charge is 2.05. The minimum Gasteiger partial charge on any atom is -0.322 e. The molecule has 0 bridgehead atoms. The molecule has 0 saturated carbocycles. The van der Waals surface area contributed by atoms with Crippen LogP contribution in [0.15, 0.2) is 0 Å². The molecular weight excluding hydrogens is 140 g/mol. The van der Waals surface area contributed by atoms with Crippen molar-refractivity contribution in [1.82, 2.24) is 9.97 Å². The van der Waals surface area contributed by atoms with Gasteiger partial charge in [-0.1, -0.05) is 0 Å². The van der Waals surface area contributed by atoms with Crippen molar-refractivity contribution < 1.29 is 0 Å². The Morgan fingerprint density at radius 1 is 1.36 bits per heavy atom. The van der Waals surface area contributed by atoms with E-state index in [0.29, 0.717) is 0 Å². The summed E-state index contributed by atoms with van der Waals surface area (Å²) >= 11 is 0. The Kier molecular flexibility index (Phi) is 1.60. The molecule has 0 amide bonds. The normalized spacial score (nSPS) is 7.73. The van der Waals surface area contributed by atoms with Crippen LogP contribution in [-0.2, 0) is 0 Å². The molecule has 0 aliphatic rings. The van der Waals surface area contributed by atoms with Crippen molar-refractivity contribution in [2.75, 3.05) is 0 Å². The molecule has 0 spiro atoms. The minimum atomic E-state index is 0.0421. The summed E-state index contributed by atoms with van der Waals surface area (Å²) in [6.45, 7) is 0. The molecule has 0 radical (unpaired) electrons. The van der Waals surface area contributed by atoms with Gasteiger partial charge in [-0.25, -0.2) is 4.98 Å². The van der Waals surface area contributed by atoms with E-state index in [-0.39, 0.29) is 17.2 Å². The van der Waals surface area contributed by atoms with Gasteiger partial charge in [-0.05, 0) is 5.92 Å². The molecule has 1 rings (SSSR count). The van der Waals surface area contributed by atoms with Crippen LogP contribution in [0.2, 0.25) is 0 Å². The number of hydrogen-bond acceptors (Lipinski definition) is 3. The summed E-state index contributed by atoms with van der Waals surface area (Å²) in [5.41, 5.74) is 0.154. The predicted molar refractivity (Wildman–Crippen MR) is 36.0 cm³/mol. The van der Waals surface area contributed by atoms with E-state index < -0.39 is 0 Å². The minimum absolute atomic E-state index is 0.0421. The van der Waals surface area contributed by atoms with Crippen LogP contribution in [0.4, 0.5) is 0 Å². The number of nitrogens with one attached hydrogen (secondary N) is 1. The lowest BCUT2D eigenvalue weighted by Crippen LogP contribution is -1.77. The summed E-state index contributed by atoms with van der Waals surface area (Å²) in [6, 6.07) is 3.51. The summed E-state index contributed by atoms with van der Waals surface area (Å²) in [5, 5.41) is 16.8. The standard InChI is InChI=1S/C7H2N4/c1-2-7-10-5(3-8)6(4-9)11-7/h1H,(H,10,11). The van der Waals surface area contributed by atoms with Crippen LogP contribution in [-0.4, -0.2) is 9.97 Å². The molecule has 11 heavy (non-hydrogen) atoms. The zero-order valence-corrected chi connectivity index (χ0v) is 5.42. The Bertz CT molecular complexity index is 362. The predicted octanol–water partition coefficient (Wildman–Crippen LogP) is 0.134. The Morgan fingerprint density at radius 2 is 2.09 bits per heavy atom. The van der Waals surface area contributed by atoms with Crippen LogP contribution in [0.1, 0.15) is 17.2 Å². The number of nitrogens with zero attached hydrogens (tertiary/aromatic N) is 3. The highest BCUT2D eigenvalue weighted by molar-refractivity contribution is 5.39. The molecular formula is C7H2N4. The average Bonchev–Trinajstić information content (AvgIpc) is 2.46. The zero-order chi connectivity index (χ0) is 8.27. The second kappa shape index (κ2) is 2.56. The fourth-order valence-electron chi connectivity index (χ4n) is 0.603. The van der Waals surface area contributed by atoms with E-state index in [9.17, 15) is 0 Å². The molecule has 0 aromatic carbocycles. The second-order valence-corrected chi connectivity index (χ2v) is 1.68. The zero-order valence-electron chi connectivity index (χ0n) is 5.42. The maximum Gasteiger partial charge on any atom is 0.184 e. The largest absolute Gasteiger partial charge is 0.322 e. The third-order valence-corrected chi connectivity index (χ3v) is 1.06. The van der Waals surface area contributed by atoms with Crippen LogP contribution in [0.5, 0.6) is 0 Å². The molecule has 0 aliphatic heterocycles. The smallest absolute Gasteiger partial charge is 0.184 e. The van der Waals surface area contributed by atoms with Crippen molar-refractivity contribution in [3.63, 3.8) is 0 Å². The van der Waals surface area contributed by atoms with E-state index in [0.717, 1.165) is 0 Å². The third kappa shape index (κ3) is 1.03. The van der Waals surface area contributed by atoms with Gasteiger partial charge < -0.3 is 4.98 Å². The Morgan fingerprint density at radius 3 is 2.45 bits per heavy atom. The van der Waals surface area contributed by atoms with E-state index in [2.05, 4.69) is 15.9 Å². The maximum absolute atomic E-state index is 8.42. The molecule has 1 aromatic rings. The summed E-state index contributed by atoms with van der Waals surface area (Å²) < 4.78 is 0. The molecule has 50 valence electrons. The van der Waals surface area contributed by atoms with Gasteiger partial charge in [-0.2, -0.15) is 10.5 Å². The Labute approximate surface area is 63.1 Å². The van der Waals surface area contributed by atoms with Crippen molar-refractivity contribution in [2.45, 2.75) is 0 Å². The highest BCUT2D eigenvalue weighted by Crippen LogP contribution is 2.01. The number of nitriles is 2. The molecule has 0 saturated heterocycles. The molecule has 1 aromatic heterocycles. The van der Waals surface area contributed by atoms with E-state index in [1.807, 2.05) is 0 Å². The number of hydrogen-bond donors (Lipinski definition) is 1. The van der Waals surface area contributed by atoms with E-state index in [1.165, 1.54) is 0 Å². The van der Waals surface area contributed by atoms with Gasteiger partial charge in [-0.15, -0.1) is 6.42 Å². The Balaban J connectivity index is 3.32. The lowest BCUT2D eigenvalue weighted by Gasteiger charge is -1.73. The number of H-pyrrole nitrogens is 1. The van der Waals surface area contributed by atoms with Gasteiger partial charge in [-0.3, -0.25) is 0 Å². The van der Waals surface area contributed by atoms with E-state index in [1.54, 1.807) is 12.1 Å². The first-order valence-corrected chi connectivity index (χ1v) is 2.68. The van der Waals surface area contributed by atoms with Crippen LogP contribution in [0, 0.1) is 35.0 Å². The molecule has 1 N–H and O–H groups in total. The second-order valence-electron chi connectivity index (χ2n) is 1.68. The van der Waals surface area contributed by atoms with Gasteiger partial charge in [0.05, 0.1) is 0 Å². The van der Waals surface area contributed by atoms with Crippen molar-refractivity contribution in [2.24, 2.45) is 0 Å². The lowest BCUT2D eigenvalue weighted by atomic mass is 10.4. The Hall–Kier alpha value is -2.25. The molecule has 0 atom stereocenters. The lowest BCUT2D eigenvalue weighted by molar-refractivity contribution is 1.24. The molecule has 0 unspecified atom stereocenters. The summed E-state index contributed by atoms with van der Waals surface area (Å²) in [7, 11) is 0. The van der Waals surface area contributed by atoms with Crippen LogP contribution >= 0.6 is 0 Å². The topological polar surface area (TPSA) is 76.3 Å². The maximum atomic E-state index is 8.42. The van der Waals surface area contributed by atoms with E-state index in [4.69, 9.17) is 16.9 Å². The van der Waals surface area contributed by atoms with E-state index >= 15 is 0 Å². The van der Waals surface area contributed by atoms with Crippen molar-refractivity contribution in [1.29, 1.82) is 10.5 Å². The SMILES string of the molecule is C#Cc1nc(C#N)c(C#N)[nH]1. The molecule has 0 fully saturated rings. The van der Waals surface area contributed by atoms with Crippen LogP contribution in [0.3, 0.4) is 0 Å². The average molecular weight is 142 g/mol. The van der Waals surface area contributed by atoms with Crippen molar-refractivity contribution in [3.05, 3.63) is 17.2 Å². The molecule has 4 nitrogen and oxygen atoms in total. The van der Waals surface area contributed by atoms with Gasteiger partial charge >= 0.3 is 0 Å². The number of rotatable bonds is 0. The summed E-state index contributed by atoms with van der Waals surface area (Å²) in [4.78, 5) is 6.14. The molecule has 4 heteroatoms. The summed E-state index contributed by atoms with van der Waals surface area (Å²) in [6.07, 6.45) is 4.98. The van der Waals surface area contributed by atoms with Gasteiger partial charge in [0.1, 0.15) is 12.1 Å². The fourth-order valence-corrected chi connectivity index (χ4v) is 0.603. The monoisotopic (exact) mass is 142 g/mol. The number of terminal acetylenes is 1. The molecule has 0 aliphatic carbocycles. The van der Waals surface area contributed by atoms with Crippen molar-refractivity contribution in [3.8, 4) is 24.5 Å². The first kappa shape index (κ1) is 6.86. The molecule has 1 heterocycles. The van der Waals surface area contributed by atoms with Crippen molar-refractivity contribution >= 4 is 0 Å². The van der Waals surface area contributed by atoms with Gasteiger partial charge in [0.25, 0.3) is 0 Å². The number of aromatic amines is 1. The first-order valence-electron chi connectivity index (χ1n) is 2.68. The van der Waals surface area contributed by atoms with Gasteiger partial charge in [0.2, 0.25) is 0 Å². The quantitative estimate of drug-likeness (QED) is 0.523.